The number of aromatic amines is 1. The number of carbonyl (C=O) groups is 1. The molecular weight excluding hydrogens is 302 g/mol. The molecule has 6 heteroatoms. The number of aryl methyl sites for hydroxylation is 1. The zero-order chi connectivity index (χ0) is 15.7. The molecule has 116 valence electrons. The van der Waals surface area contributed by atoms with Crippen LogP contribution < -0.4 is 0 Å². The Morgan fingerprint density at radius 2 is 1.91 bits per heavy atom. The molecule has 3 rings (SSSR count). The van der Waals surface area contributed by atoms with Crippen molar-refractivity contribution in [2.45, 2.75) is 24.7 Å². The van der Waals surface area contributed by atoms with E-state index in [4.69, 9.17) is 4.18 Å². The Morgan fingerprint density at radius 3 is 2.64 bits per heavy atom. The Morgan fingerprint density at radius 1 is 1.18 bits per heavy atom. The highest BCUT2D eigenvalue weighted by molar-refractivity contribution is 7.86. The number of hydrogen-bond acceptors (Lipinski definition) is 4. The molecule has 1 aromatic carbocycles. The highest BCUT2D eigenvalue weighted by Gasteiger charge is 2.27. The van der Waals surface area contributed by atoms with Crippen molar-refractivity contribution in [3.8, 4) is 0 Å². The monoisotopic (exact) mass is 319 g/mol. The van der Waals surface area contributed by atoms with Crippen molar-refractivity contribution in [1.82, 2.24) is 4.98 Å². The van der Waals surface area contributed by atoms with Gasteiger partial charge < -0.3 is 4.98 Å². The van der Waals surface area contributed by atoms with Crippen molar-refractivity contribution in [1.29, 1.82) is 0 Å². The molecule has 1 unspecified atom stereocenters. The summed E-state index contributed by atoms with van der Waals surface area (Å²) in [7, 11) is -3.78. The molecule has 1 N–H and O–H groups in total. The van der Waals surface area contributed by atoms with Gasteiger partial charge in [0, 0.05) is 23.9 Å². The number of carbonyl (C=O) groups excluding carboxylic acids is 1. The third kappa shape index (κ3) is 2.98. The molecule has 1 heterocycles. The summed E-state index contributed by atoms with van der Waals surface area (Å²) in [4.78, 5) is 15.1. The molecule has 5 nitrogen and oxygen atoms in total. The first-order valence-corrected chi connectivity index (χ1v) is 8.52. The van der Waals surface area contributed by atoms with Gasteiger partial charge >= 0.3 is 0 Å². The second-order valence-electron chi connectivity index (χ2n) is 5.62. The van der Waals surface area contributed by atoms with Crippen LogP contribution in [-0.4, -0.2) is 25.8 Å². The lowest BCUT2D eigenvalue weighted by atomic mass is 9.88. The van der Waals surface area contributed by atoms with E-state index in [1.807, 2.05) is 6.92 Å². The van der Waals surface area contributed by atoms with Crippen molar-refractivity contribution in [3.63, 3.8) is 0 Å². The van der Waals surface area contributed by atoms with Crippen LogP contribution in [-0.2, 0) is 20.7 Å². The number of fused-ring (bicyclic) bond motifs is 1. The molecule has 0 radical (unpaired) electrons. The van der Waals surface area contributed by atoms with Gasteiger partial charge in [-0.05, 0) is 37.5 Å². The molecule has 0 aliphatic heterocycles. The minimum Gasteiger partial charge on any atom is -0.364 e. The Balaban J connectivity index is 1.68. The third-order valence-corrected chi connectivity index (χ3v) is 5.16. The van der Waals surface area contributed by atoms with Crippen LogP contribution in [0.4, 0.5) is 0 Å². The molecule has 1 aliphatic rings. The van der Waals surface area contributed by atoms with Crippen molar-refractivity contribution in [2.75, 3.05) is 6.61 Å². The van der Waals surface area contributed by atoms with Gasteiger partial charge in [-0.2, -0.15) is 8.42 Å². The summed E-state index contributed by atoms with van der Waals surface area (Å²) in [5, 5.41) is 0. The molecule has 0 saturated heterocycles. The van der Waals surface area contributed by atoms with E-state index >= 15 is 0 Å². The molecule has 0 fully saturated rings. The summed E-state index contributed by atoms with van der Waals surface area (Å²) in [5.74, 6) is -0.0947. The number of hydrogen-bond donors (Lipinski definition) is 1. The predicted molar refractivity (Wildman–Crippen MR) is 81.3 cm³/mol. The third-order valence-electron chi connectivity index (χ3n) is 3.87. The number of benzene rings is 1. The Bertz CT molecular complexity index is 790. The predicted octanol–water partition coefficient (Wildman–Crippen LogP) is 2.47. The summed E-state index contributed by atoms with van der Waals surface area (Å²) < 4.78 is 29.4. The van der Waals surface area contributed by atoms with Crippen LogP contribution in [0.5, 0.6) is 0 Å². The molecule has 1 aliphatic carbocycles. The Kier molecular flexibility index (Phi) is 3.88. The highest BCUT2D eigenvalue weighted by atomic mass is 32.2. The molecule has 2 aromatic rings. The zero-order valence-corrected chi connectivity index (χ0v) is 13.0. The number of ketones is 1. The fourth-order valence-electron chi connectivity index (χ4n) is 2.64. The molecular formula is C16H17NO4S. The van der Waals surface area contributed by atoms with Crippen LogP contribution in [0.3, 0.4) is 0 Å². The standard InChI is InChI=1S/C16H17NO4S/c1-11-2-4-13(5-3-11)22(19,20)21-10-12-8-15-14(6-7-17-15)16(18)9-12/h2-7,12,17H,8-10H2,1H3. The maximum absolute atomic E-state index is 12.1. The van der Waals surface area contributed by atoms with Gasteiger partial charge in [0.1, 0.15) is 0 Å². The van der Waals surface area contributed by atoms with E-state index in [9.17, 15) is 13.2 Å². The van der Waals surface area contributed by atoms with Gasteiger partial charge in [0.05, 0.1) is 11.5 Å². The van der Waals surface area contributed by atoms with E-state index in [-0.39, 0.29) is 23.2 Å². The molecule has 0 saturated carbocycles. The summed E-state index contributed by atoms with van der Waals surface area (Å²) in [6, 6.07) is 8.27. The molecule has 22 heavy (non-hydrogen) atoms. The number of aromatic nitrogens is 1. The van der Waals surface area contributed by atoms with Crippen molar-refractivity contribution < 1.29 is 17.4 Å². The van der Waals surface area contributed by atoms with Crippen molar-refractivity contribution in [2.24, 2.45) is 5.92 Å². The first kappa shape index (κ1) is 15.0. The van der Waals surface area contributed by atoms with Crippen LogP contribution in [0, 0.1) is 12.8 Å². The molecule has 0 spiro atoms. The van der Waals surface area contributed by atoms with Crippen LogP contribution in [0.2, 0.25) is 0 Å². The van der Waals surface area contributed by atoms with Gasteiger partial charge in [-0.1, -0.05) is 17.7 Å². The summed E-state index contributed by atoms with van der Waals surface area (Å²) in [6.07, 6.45) is 2.67. The number of Topliss-reactive ketones (excluding diaryl/α,β-unsaturated/α-hetero) is 1. The Labute approximate surface area is 129 Å². The largest absolute Gasteiger partial charge is 0.364 e. The van der Waals surface area contributed by atoms with E-state index in [1.54, 1.807) is 24.4 Å². The molecule has 0 bridgehead atoms. The maximum Gasteiger partial charge on any atom is 0.296 e. The van der Waals surface area contributed by atoms with Gasteiger partial charge in [-0.3, -0.25) is 8.98 Å². The molecule has 1 aromatic heterocycles. The average Bonchev–Trinajstić information content (AvgIpc) is 2.95. The van der Waals surface area contributed by atoms with Gasteiger partial charge in [0.2, 0.25) is 0 Å². The van der Waals surface area contributed by atoms with E-state index in [2.05, 4.69) is 4.98 Å². The average molecular weight is 319 g/mol. The lowest BCUT2D eigenvalue weighted by Gasteiger charge is -2.20. The number of rotatable bonds is 4. The van der Waals surface area contributed by atoms with Crippen molar-refractivity contribution in [3.05, 3.63) is 53.3 Å². The summed E-state index contributed by atoms with van der Waals surface area (Å²) in [6.45, 7) is 1.90. The lowest BCUT2D eigenvalue weighted by Crippen LogP contribution is -2.24. The SMILES string of the molecule is Cc1ccc(S(=O)(=O)OCC2CC(=O)c3cc[nH]c3C2)cc1. The summed E-state index contributed by atoms with van der Waals surface area (Å²) in [5.41, 5.74) is 2.55. The second-order valence-corrected chi connectivity index (χ2v) is 7.23. The Hall–Kier alpha value is -1.92. The maximum atomic E-state index is 12.1. The number of nitrogens with one attached hydrogen (secondary N) is 1. The minimum atomic E-state index is -3.78. The van der Waals surface area contributed by atoms with Crippen molar-refractivity contribution >= 4 is 15.9 Å². The van der Waals surface area contributed by atoms with Crippen LogP contribution >= 0.6 is 0 Å². The topological polar surface area (TPSA) is 76.2 Å². The van der Waals surface area contributed by atoms with Gasteiger partial charge in [0.25, 0.3) is 10.1 Å². The van der Waals surface area contributed by atoms with Gasteiger partial charge in [0.15, 0.2) is 5.78 Å². The lowest BCUT2D eigenvalue weighted by molar-refractivity contribution is 0.0927. The smallest absolute Gasteiger partial charge is 0.296 e. The first-order chi connectivity index (χ1) is 10.5. The van der Waals surface area contributed by atoms with Crippen LogP contribution in [0.15, 0.2) is 41.4 Å². The van der Waals surface area contributed by atoms with Gasteiger partial charge in [-0.15, -0.1) is 0 Å². The van der Waals surface area contributed by atoms with E-state index in [0.29, 0.717) is 18.4 Å². The van der Waals surface area contributed by atoms with Crippen LogP contribution in [0.25, 0.3) is 0 Å². The fraction of sp³-hybridized carbons (Fsp3) is 0.312. The second kappa shape index (κ2) is 5.70. The van der Waals surface area contributed by atoms with Crippen LogP contribution in [0.1, 0.15) is 28.0 Å². The first-order valence-electron chi connectivity index (χ1n) is 7.11. The molecule has 1 atom stereocenters. The van der Waals surface area contributed by atoms with E-state index in [1.165, 1.54) is 12.1 Å². The molecule has 0 amide bonds. The van der Waals surface area contributed by atoms with E-state index in [0.717, 1.165) is 11.3 Å². The quantitative estimate of drug-likeness (QED) is 0.878. The summed E-state index contributed by atoms with van der Waals surface area (Å²) >= 11 is 0. The normalized spacial score (nSPS) is 18.2. The highest BCUT2D eigenvalue weighted by Crippen LogP contribution is 2.26. The number of H-pyrrole nitrogens is 1. The van der Waals surface area contributed by atoms with E-state index < -0.39 is 10.1 Å². The van der Waals surface area contributed by atoms with Gasteiger partial charge in [-0.25, -0.2) is 0 Å². The fourth-order valence-corrected chi connectivity index (χ4v) is 3.62. The zero-order valence-electron chi connectivity index (χ0n) is 12.2. The minimum absolute atomic E-state index is 0.0143.